The molecule has 0 aliphatic carbocycles. The average molecular weight is 439 g/mol. The van der Waals surface area contributed by atoms with Crippen LogP contribution in [0.25, 0.3) is 11.0 Å². The van der Waals surface area contributed by atoms with Crippen molar-refractivity contribution in [1.29, 1.82) is 0 Å². The van der Waals surface area contributed by atoms with Gasteiger partial charge in [-0.3, -0.25) is 4.72 Å². The topological polar surface area (TPSA) is 84.0 Å². The highest BCUT2D eigenvalue weighted by atomic mass is 35.5. The fourth-order valence-corrected chi connectivity index (χ4v) is 4.33. The van der Waals surface area contributed by atoms with E-state index in [-0.39, 0.29) is 16.8 Å². The van der Waals surface area contributed by atoms with Gasteiger partial charge >= 0.3 is 0 Å². The minimum atomic E-state index is -3.90. The zero-order valence-electron chi connectivity index (χ0n) is 16.1. The van der Waals surface area contributed by atoms with E-state index in [0.717, 1.165) is 5.56 Å². The minimum Gasteiger partial charge on any atom is -0.360 e. The van der Waals surface area contributed by atoms with Crippen molar-refractivity contribution in [2.75, 3.05) is 10.0 Å². The van der Waals surface area contributed by atoms with Crippen molar-refractivity contribution in [3.8, 4) is 0 Å². The maximum atomic E-state index is 12.9. The fourth-order valence-electron chi connectivity index (χ4n) is 3.02. The molecule has 0 aliphatic heterocycles. The van der Waals surface area contributed by atoms with Crippen LogP contribution in [0.4, 0.5) is 11.6 Å². The Hall–Kier alpha value is -3.16. The Balaban J connectivity index is 1.75. The number of aromatic nitrogens is 2. The first kappa shape index (κ1) is 20.1. The predicted molar refractivity (Wildman–Crippen MR) is 120 cm³/mol. The molecule has 8 heteroatoms. The Bertz CT molecular complexity index is 1300. The van der Waals surface area contributed by atoms with Crippen LogP contribution in [0, 0.1) is 0 Å². The van der Waals surface area contributed by atoms with Gasteiger partial charge < -0.3 is 5.32 Å². The summed E-state index contributed by atoms with van der Waals surface area (Å²) in [6, 6.07) is 23.1. The largest absolute Gasteiger partial charge is 0.360 e. The summed E-state index contributed by atoms with van der Waals surface area (Å²) in [5.74, 6) is 0.465. The van der Waals surface area contributed by atoms with Gasteiger partial charge in [-0.2, -0.15) is 0 Å². The zero-order valence-corrected chi connectivity index (χ0v) is 17.7. The molecule has 30 heavy (non-hydrogen) atoms. The third-order valence-corrected chi connectivity index (χ3v) is 6.13. The molecule has 0 saturated heterocycles. The zero-order chi connectivity index (χ0) is 21.1. The number of sulfonamides is 1. The van der Waals surface area contributed by atoms with Gasteiger partial charge in [0.2, 0.25) is 0 Å². The van der Waals surface area contributed by atoms with Gasteiger partial charge in [0.25, 0.3) is 10.0 Å². The highest BCUT2D eigenvalue weighted by Gasteiger charge is 2.20. The summed E-state index contributed by atoms with van der Waals surface area (Å²) in [5, 5.41) is 3.61. The molecule has 4 rings (SSSR count). The number of nitrogens with one attached hydrogen (secondary N) is 2. The van der Waals surface area contributed by atoms with Crippen LogP contribution in [0.5, 0.6) is 0 Å². The predicted octanol–water partition coefficient (Wildman–Crippen LogP) is 5.26. The lowest BCUT2D eigenvalue weighted by atomic mass is 10.1. The lowest BCUT2D eigenvalue weighted by Gasteiger charge is -2.18. The fraction of sp³-hybridized carbons (Fsp3) is 0.0909. The van der Waals surface area contributed by atoms with Gasteiger partial charge in [-0.05, 0) is 42.8 Å². The van der Waals surface area contributed by atoms with Crippen molar-refractivity contribution in [1.82, 2.24) is 9.97 Å². The summed E-state index contributed by atoms with van der Waals surface area (Å²) in [4.78, 5) is 9.16. The molecule has 1 unspecified atom stereocenters. The lowest BCUT2D eigenvalue weighted by Crippen LogP contribution is -2.17. The quantitative estimate of drug-likeness (QED) is 0.429. The van der Waals surface area contributed by atoms with Gasteiger partial charge in [-0.25, -0.2) is 18.4 Å². The summed E-state index contributed by atoms with van der Waals surface area (Å²) >= 11 is 5.97. The summed E-state index contributed by atoms with van der Waals surface area (Å²) in [6.07, 6.45) is 0. The van der Waals surface area contributed by atoms with E-state index < -0.39 is 10.0 Å². The molecule has 0 bridgehead atoms. The summed E-state index contributed by atoms with van der Waals surface area (Å²) in [5.41, 5.74) is 2.28. The maximum Gasteiger partial charge on any atom is 0.263 e. The molecule has 0 amide bonds. The van der Waals surface area contributed by atoms with Crippen LogP contribution < -0.4 is 10.0 Å². The molecule has 1 heterocycles. The van der Waals surface area contributed by atoms with E-state index in [1.165, 1.54) is 12.1 Å². The van der Waals surface area contributed by atoms with Crippen LogP contribution in [-0.2, 0) is 10.0 Å². The molecular weight excluding hydrogens is 420 g/mol. The smallest absolute Gasteiger partial charge is 0.263 e. The normalized spacial score (nSPS) is 12.5. The van der Waals surface area contributed by atoms with Crippen LogP contribution in [-0.4, -0.2) is 18.4 Å². The molecule has 3 aromatic carbocycles. The van der Waals surface area contributed by atoms with Crippen molar-refractivity contribution >= 4 is 44.3 Å². The summed E-state index contributed by atoms with van der Waals surface area (Å²) in [7, 11) is -3.90. The Morgan fingerprint density at radius 2 is 1.47 bits per heavy atom. The van der Waals surface area contributed by atoms with Gasteiger partial charge in [-0.1, -0.05) is 60.1 Å². The number of rotatable bonds is 6. The number of hydrogen-bond donors (Lipinski definition) is 2. The van der Waals surface area contributed by atoms with E-state index >= 15 is 0 Å². The molecule has 0 saturated carbocycles. The molecule has 1 atom stereocenters. The third-order valence-electron chi connectivity index (χ3n) is 4.56. The second-order valence-electron chi connectivity index (χ2n) is 6.75. The Morgan fingerprint density at radius 3 is 2.13 bits per heavy atom. The Kier molecular flexibility index (Phi) is 5.57. The van der Waals surface area contributed by atoms with E-state index in [0.29, 0.717) is 21.9 Å². The Labute approximate surface area is 180 Å². The van der Waals surface area contributed by atoms with Gasteiger partial charge in [0.05, 0.1) is 22.0 Å². The molecule has 4 aromatic rings. The lowest BCUT2D eigenvalue weighted by molar-refractivity contribution is 0.601. The average Bonchev–Trinajstić information content (AvgIpc) is 2.74. The van der Waals surface area contributed by atoms with Crippen LogP contribution in [0.3, 0.4) is 0 Å². The van der Waals surface area contributed by atoms with Crippen LogP contribution in [0.1, 0.15) is 18.5 Å². The number of nitrogens with zero attached hydrogens (tertiary/aromatic N) is 2. The standard InChI is InChI=1S/C22H19ClN4O2S/c1-15(16-8-3-2-4-9-16)24-21-22(26-20-13-6-5-12-19(20)25-21)27-30(28,29)18-11-7-10-17(23)14-18/h2-15H,1H3,(H,24,25)(H,26,27). The number of para-hydroxylation sites is 2. The van der Waals surface area contributed by atoms with Crippen LogP contribution >= 0.6 is 11.6 Å². The number of fused-ring (bicyclic) bond motifs is 1. The second-order valence-corrected chi connectivity index (χ2v) is 8.87. The SMILES string of the molecule is CC(Nc1nc2ccccc2nc1NS(=O)(=O)c1cccc(Cl)c1)c1ccccc1. The molecule has 0 spiro atoms. The monoisotopic (exact) mass is 438 g/mol. The molecule has 0 fully saturated rings. The number of hydrogen-bond acceptors (Lipinski definition) is 5. The first-order valence-corrected chi connectivity index (χ1v) is 11.2. The van der Waals surface area contributed by atoms with E-state index in [1.54, 1.807) is 18.2 Å². The van der Waals surface area contributed by atoms with Crippen molar-refractivity contribution in [3.63, 3.8) is 0 Å². The van der Waals surface area contributed by atoms with Crippen molar-refractivity contribution in [2.45, 2.75) is 17.9 Å². The number of benzene rings is 3. The van der Waals surface area contributed by atoms with E-state index in [9.17, 15) is 8.42 Å². The van der Waals surface area contributed by atoms with Gasteiger partial charge in [0.1, 0.15) is 0 Å². The minimum absolute atomic E-state index is 0.0482. The van der Waals surface area contributed by atoms with Crippen LogP contribution in [0.15, 0.2) is 83.8 Å². The van der Waals surface area contributed by atoms with Gasteiger partial charge in [0, 0.05) is 5.02 Å². The molecule has 0 aliphatic rings. The summed E-state index contributed by atoms with van der Waals surface area (Å²) < 4.78 is 28.4. The second kappa shape index (κ2) is 8.30. The summed E-state index contributed by atoms with van der Waals surface area (Å²) in [6.45, 7) is 1.97. The van der Waals surface area contributed by atoms with E-state index in [4.69, 9.17) is 11.6 Å². The highest BCUT2D eigenvalue weighted by molar-refractivity contribution is 7.92. The van der Waals surface area contributed by atoms with Crippen molar-refractivity contribution in [2.24, 2.45) is 0 Å². The number of halogens is 1. The first-order chi connectivity index (χ1) is 14.4. The molecule has 2 N–H and O–H groups in total. The molecule has 6 nitrogen and oxygen atoms in total. The van der Waals surface area contributed by atoms with Crippen molar-refractivity contribution in [3.05, 3.63) is 89.4 Å². The van der Waals surface area contributed by atoms with Crippen molar-refractivity contribution < 1.29 is 8.42 Å². The van der Waals surface area contributed by atoms with E-state index in [1.807, 2.05) is 55.5 Å². The third kappa shape index (κ3) is 4.37. The van der Waals surface area contributed by atoms with Crippen LogP contribution in [0.2, 0.25) is 5.02 Å². The highest BCUT2D eigenvalue weighted by Crippen LogP contribution is 2.28. The molecular formula is C22H19ClN4O2S. The van der Waals surface area contributed by atoms with Gasteiger partial charge in [0.15, 0.2) is 11.6 Å². The number of anilines is 2. The van der Waals surface area contributed by atoms with E-state index in [2.05, 4.69) is 20.0 Å². The molecule has 1 aromatic heterocycles. The molecule has 0 radical (unpaired) electrons. The van der Waals surface area contributed by atoms with Gasteiger partial charge in [-0.15, -0.1) is 0 Å². The first-order valence-electron chi connectivity index (χ1n) is 9.29. The molecule has 152 valence electrons. The Morgan fingerprint density at radius 1 is 0.833 bits per heavy atom. The maximum absolute atomic E-state index is 12.9.